The summed E-state index contributed by atoms with van der Waals surface area (Å²) in [5.74, 6) is 0.393. The number of ether oxygens (including phenoxy) is 1. The molecule has 0 saturated heterocycles. The van der Waals surface area contributed by atoms with Crippen molar-refractivity contribution in [1.82, 2.24) is 20.1 Å². The Morgan fingerprint density at radius 3 is 2.47 bits per heavy atom. The molecule has 1 amide bonds. The SMILES string of the molecule is CNC(=O)c1c(-c2ccc(C)cc2)oc2cc(N(C)S(C)(=O)=O)c(-c3cnc(OC)c(-n4ncc5ccccc54)c3)cc12. The first-order valence-electron chi connectivity index (χ1n) is 13.4. The fourth-order valence-electron chi connectivity index (χ4n) is 5.12. The second-order valence-corrected chi connectivity index (χ2v) is 12.2. The average Bonchev–Trinajstić information content (AvgIpc) is 3.61. The van der Waals surface area contributed by atoms with Gasteiger partial charge < -0.3 is 14.5 Å². The van der Waals surface area contributed by atoms with E-state index in [1.54, 1.807) is 36.3 Å². The minimum Gasteiger partial charge on any atom is -0.479 e. The van der Waals surface area contributed by atoms with E-state index in [-0.39, 0.29) is 5.91 Å². The minimum absolute atomic E-state index is 0.332. The lowest BCUT2D eigenvalue weighted by Crippen LogP contribution is -2.25. The number of anilines is 1. The molecule has 0 unspecified atom stereocenters. The van der Waals surface area contributed by atoms with Gasteiger partial charge in [-0.2, -0.15) is 5.10 Å². The third-order valence-corrected chi connectivity index (χ3v) is 8.64. The molecule has 0 aliphatic heterocycles. The summed E-state index contributed by atoms with van der Waals surface area (Å²) in [4.78, 5) is 17.8. The molecule has 10 nitrogen and oxygen atoms in total. The maximum absolute atomic E-state index is 13.3. The number of nitrogens with zero attached hydrogens (tertiary/aromatic N) is 4. The van der Waals surface area contributed by atoms with E-state index >= 15 is 0 Å². The van der Waals surface area contributed by atoms with Crippen LogP contribution in [0.25, 0.3) is 50.0 Å². The van der Waals surface area contributed by atoms with Crippen LogP contribution in [-0.2, 0) is 10.0 Å². The number of rotatable bonds is 7. The number of nitrogens with one attached hydrogen (secondary N) is 1. The number of para-hydroxylation sites is 1. The first-order chi connectivity index (χ1) is 20.6. The fourth-order valence-corrected chi connectivity index (χ4v) is 5.63. The Labute approximate surface area is 248 Å². The number of amides is 1. The Balaban J connectivity index is 1.65. The van der Waals surface area contributed by atoms with Crippen molar-refractivity contribution >= 4 is 43.5 Å². The lowest BCUT2D eigenvalue weighted by molar-refractivity contribution is 0.0964. The number of fused-ring (bicyclic) bond motifs is 2. The van der Waals surface area contributed by atoms with Crippen molar-refractivity contribution < 1.29 is 22.4 Å². The number of carbonyl (C=O) groups excluding carboxylic acids is 1. The fraction of sp³-hybridized carbons (Fsp3) is 0.156. The van der Waals surface area contributed by atoms with Gasteiger partial charge in [0.2, 0.25) is 15.9 Å². The molecule has 6 rings (SSSR count). The summed E-state index contributed by atoms with van der Waals surface area (Å²) in [6.45, 7) is 1.98. The summed E-state index contributed by atoms with van der Waals surface area (Å²) in [5.41, 5.74) is 5.37. The largest absolute Gasteiger partial charge is 0.479 e. The van der Waals surface area contributed by atoms with Crippen LogP contribution < -0.4 is 14.4 Å². The highest BCUT2D eigenvalue weighted by Gasteiger charge is 2.26. The Kier molecular flexibility index (Phi) is 6.89. The molecule has 0 aliphatic rings. The lowest BCUT2D eigenvalue weighted by atomic mass is 9.99. The highest BCUT2D eigenvalue weighted by atomic mass is 32.2. The molecule has 0 saturated carbocycles. The van der Waals surface area contributed by atoms with Crippen LogP contribution in [0.2, 0.25) is 0 Å². The quantitative estimate of drug-likeness (QED) is 0.256. The average molecular weight is 596 g/mol. The van der Waals surface area contributed by atoms with E-state index in [1.807, 2.05) is 61.5 Å². The Morgan fingerprint density at radius 1 is 1.02 bits per heavy atom. The van der Waals surface area contributed by atoms with E-state index in [4.69, 9.17) is 9.15 Å². The minimum atomic E-state index is -3.68. The van der Waals surface area contributed by atoms with E-state index in [2.05, 4.69) is 15.4 Å². The van der Waals surface area contributed by atoms with Gasteiger partial charge in [0, 0.05) is 53.8 Å². The number of methoxy groups -OCH3 is 1. The Bertz CT molecular complexity index is 2130. The summed E-state index contributed by atoms with van der Waals surface area (Å²) >= 11 is 0. The molecule has 3 heterocycles. The van der Waals surface area contributed by atoms with Crippen LogP contribution in [0.5, 0.6) is 5.88 Å². The van der Waals surface area contributed by atoms with Crippen molar-refractivity contribution in [3.05, 3.63) is 90.3 Å². The normalized spacial score (nSPS) is 11.7. The summed E-state index contributed by atoms with van der Waals surface area (Å²) in [7, 11) is 0.877. The second-order valence-electron chi connectivity index (χ2n) is 10.2. The zero-order valence-corrected chi connectivity index (χ0v) is 25.1. The molecule has 0 atom stereocenters. The zero-order chi connectivity index (χ0) is 30.5. The van der Waals surface area contributed by atoms with Crippen LogP contribution >= 0.6 is 0 Å². The molecular weight excluding hydrogens is 566 g/mol. The smallest absolute Gasteiger partial charge is 0.255 e. The summed E-state index contributed by atoms with van der Waals surface area (Å²) in [5, 5.41) is 8.75. The number of carbonyl (C=O) groups is 1. The summed E-state index contributed by atoms with van der Waals surface area (Å²) < 4.78 is 40.4. The third-order valence-electron chi connectivity index (χ3n) is 7.45. The number of aromatic nitrogens is 3. The number of aryl methyl sites for hydroxylation is 1. The van der Waals surface area contributed by atoms with Crippen molar-refractivity contribution in [3.63, 3.8) is 0 Å². The van der Waals surface area contributed by atoms with E-state index in [0.717, 1.165) is 28.3 Å². The van der Waals surface area contributed by atoms with Crippen LogP contribution in [0, 0.1) is 6.92 Å². The van der Waals surface area contributed by atoms with Gasteiger partial charge in [-0.05, 0) is 25.1 Å². The molecule has 218 valence electrons. The molecule has 0 aliphatic carbocycles. The van der Waals surface area contributed by atoms with Crippen molar-refractivity contribution in [2.24, 2.45) is 0 Å². The molecule has 0 radical (unpaired) electrons. The predicted molar refractivity (Wildman–Crippen MR) is 167 cm³/mol. The number of hydrogen-bond donors (Lipinski definition) is 1. The van der Waals surface area contributed by atoms with Crippen molar-refractivity contribution in [1.29, 1.82) is 0 Å². The van der Waals surface area contributed by atoms with Crippen LogP contribution in [0.15, 0.2) is 83.5 Å². The van der Waals surface area contributed by atoms with Gasteiger partial charge in [-0.15, -0.1) is 0 Å². The number of furan rings is 1. The molecule has 6 aromatic rings. The third kappa shape index (κ3) is 4.87. The topological polar surface area (TPSA) is 120 Å². The summed E-state index contributed by atoms with van der Waals surface area (Å²) in [6, 6.07) is 20.7. The number of sulfonamides is 1. The standard InChI is InChI=1S/C32H29N5O5S/c1-19-10-12-20(13-11-19)30-29(31(38)33-2)24-15-23(26(16-28(24)42-30)36(3)43(5,39)40)22-14-27(32(41-4)34-17-22)37-25-9-7-6-8-21(25)18-35-37/h6-18H,1-5H3,(H,33,38). The maximum Gasteiger partial charge on any atom is 0.255 e. The van der Waals surface area contributed by atoms with Gasteiger partial charge in [-0.25, -0.2) is 18.1 Å². The molecule has 0 bridgehead atoms. The lowest BCUT2D eigenvalue weighted by Gasteiger charge is -2.21. The molecule has 43 heavy (non-hydrogen) atoms. The Hall–Kier alpha value is -5.16. The van der Waals surface area contributed by atoms with Gasteiger partial charge in [-0.1, -0.05) is 48.0 Å². The van der Waals surface area contributed by atoms with Gasteiger partial charge in [0.05, 0.1) is 36.3 Å². The van der Waals surface area contributed by atoms with E-state index in [1.165, 1.54) is 18.5 Å². The van der Waals surface area contributed by atoms with E-state index in [0.29, 0.717) is 50.7 Å². The molecular formula is C32H29N5O5S. The molecule has 3 aromatic heterocycles. The second kappa shape index (κ2) is 10.6. The molecule has 3 aromatic carbocycles. The highest BCUT2D eigenvalue weighted by Crippen LogP contribution is 2.42. The first-order valence-corrected chi connectivity index (χ1v) is 15.3. The van der Waals surface area contributed by atoms with Gasteiger partial charge in [0.25, 0.3) is 5.91 Å². The molecule has 11 heteroatoms. The van der Waals surface area contributed by atoms with Gasteiger partial charge >= 0.3 is 0 Å². The number of hydrogen-bond acceptors (Lipinski definition) is 7. The zero-order valence-electron chi connectivity index (χ0n) is 24.2. The summed E-state index contributed by atoms with van der Waals surface area (Å²) in [6.07, 6.45) is 4.49. The van der Waals surface area contributed by atoms with Crippen molar-refractivity contribution in [2.45, 2.75) is 6.92 Å². The molecule has 0 spiro atoms. The van der Waals surface area contributed by atoms with Crippen molar-refractivity contribution in [2.75, 3.05) is 31.8 Å². The first kappa shape index (κ1) is 28.0. The van der Waals surface area contributed by atoms with Crippen molar-refractivity contribution in [3.8, 4) is 34.0 Å². The molecule has 1 N–H and O–H groups in total. The van der Waals surface area contributed by atoms with Crippen LogP contribution in [-0.4, -0.2) is 56.6 Å². The van der Waals surface area contributed by atoms with Gasteiger partial charge in [0.15, 0.2) is 0 Å². The monoisotopic (exact) mass is 595 g/mol. The van der Waals surface area contributed by atoms with Gasteiger partial charge in [-0.3, -0.25) is 9.10 Å². The predicted octanol–water partition coefficient (Wildman–Crippen LogP) is 5.57. The maximum atomic E-state index is 13.3. The number of pyridine rings is 1. The van der Waals surface area contributed by atoms with Crippen LogP contribution in [0.4, 0.5) is 5.69 Å². The highest BCUT2D eigenvalue weighted by molar-refractivity contribution is 7.92. The van der Waals surface area contributed by atoms with Gasteiger partial charge in [0.1, 0.15) is 17.0 Å². The van der Waals surface area contributed by atoms with E-state index in [9.17, 15) is 13.2 Å². The Morgan fingerprint density at radius 2 is 1.77 bits per heavy atom. The van der Waals surface area contributed by atoms with E-state index < -0.39 is 10.0 Å². The van der Waals surface area contributed by atoms with Crippen LogP contribution in [0.1, 0.15) is 15.9 Å². The number of benzene rings is 3. The van der Waals surface area contributed by atoms with Crippen LogP contribution in [0.3, 0.4) is 0 Å². The molecule has 0 fully saturated rings.